The molecular formula is C11H14N2O2S2. The van der Waals surface area contributed by atoms with Crippen LogP contribution < -0.4 is 10.6 Å². The number of hydrogen-bond donors (Lipinski definition) is 3. The van der Waals surface area contributed by atoms with Crippen molar-refractivity contribution < 1.29 is 9.59 Å². The lowest BCUT2D eigenvalue weighted by Gasteiger charge is -2.07. The molecule has 4 nitrogen and oxygen atoms in total. The highest BCUT2D eigenvalue weighted by atomic mass is 32.2. The predicted molar refractivity (Wildman–Crippen MR) is 75.9 cm³/mol. The summed E-state index contributed by atoms with van der Waals surface area (Å²) in [5.41, 5.74) is 1.31. The smallest absolute Gasteiger partial charge is 0.234 e. The molecule has 17 heavy (non-hydrogen) atoms. The standard InChI is InChI=1S/C11H14N2O2S2/c1-17-7-11(15)13-9-4-2-3-8(5-9)12-10(14)6-16/h2-5,16H,6-7H2,1H3,(H,12,14)(H,13,15). The topological polar surface area (TPSA) is 58.2 Å². The van der Waals surface area contributed by atoms with E-state index in [9.17, 15) is 9.59 Å². The van der Waals surface area contributed by atoms with Crippen molar-refractivity contribution in [3.05, 3.63) is 24.3 Å². The van der Waals surface area contributed by atoms with Crippen LogP contribution in [0.25, 0.3) is 0 Å². The molecule has 0 fully saturated rings. The Hall–Kier alpha value is -1.14. The zero-order chi connectivity index (χ0) is 12.7. The van der Waals surface area contributed by atoms with Crippen LogP contribution in [0.15, 0.2) is 24.3 Å². The zero-order valence-electron chi connectivity index (χ0n) is 9.40. The lowest BCUT2D eigenvalue weighted by molar-refractivity contribution is -0.114. The fourth-order valence-corrected chi connectivity index (χ4v) is 1.62. The number of thiol groups is 1. The zero-order valence-corrected chi connectivity index (χ0v) is 11.1. The molecule has 0 heterocycles. The van der Waals surface area contributed by atoms with Crippen LogP contribution in [0.4, 0.5) is 11.4 Å². The summed E-state index contributed by atoms with van der Waals surface area (Å²) in [5, 5.41) is 5.41. The first-order valence-corrected chi connectivity index (χ1v) is 6.98. The maximum Gasteiger partial charge on any atom is 0.234 e. The minimum absolute atomic E-state index is 0.0600. The molecule has 6 heteroatoms. The van der Waals surface area contributed by atoms with Gasteiger partial charge >= 0.3 is 0 Å². The molecule has 1 aromatic carbocycles. The molecule has 0 aliphatic heterocycles. The Morgan fingerprint density at radius 2 is 1.82 bits per heavy atom. The quantitative estimate of drug-likeness (QED) is 0.716. The van der Waals surface area contributed by atoms with Gasteiger partial charge in [-0.25, -0.2) is 0 Å². The first kappa shape index (κ1) is 13.9. The van der Waals surface area contributed by atoms with Crippen molar-refractivity contribution in [2.45, 2.75) is 0 Å². The highest BCUT2D eigenvalue weighted by molar-refractivity contribution is 7.99. The molecule has 2 amide bonds. The number of carbonyl (C=O) groups is 2. The molecule has 0 atom stereocenters. The van der Waals surface area contributed by atoms with E-state index in [-0.39, 0.29) is 17.6 Å². The second kappa shape index (κ2) is 7.24. The van der Waals surface area contributed by atoms with Crippen molar-refractivity contribution >= 4 is 47.6 Å². The Morgan fingerprint density at radius 3 is 2.35 bits per heavy atom. The summed E-state index contributed by atoms with van der Waals surface area (Å²) in [5.74, 6) is 0.298. The van der Waals surface area contributed by atoms with Gasteiger partial charge in [0.2, 0.25) is 11.8 Å². The fourth-order valence-electron chi connectivity index (χ4n) is 1.20. The van der Waals surface area contributed by atoms with Crippen molar-refractivity contribution in [2.24, 2.45) is 0 Å². The number of amides is 2. The number of hydrogen-bond acceptors (Lipinski definition) is 4. The van der Waals surface area contributed by atoms with Crippen LogP contribution in [0.2, 0.25) is 0 Å². The highest BCUT2D eigenvalue weighted by Crippen LogP contribution is 2.15. The highest BCUT2D eigenvalue weighted by Gasteiger charge is 2.03. The summed E-state index contributed by atoms with van der Waals surface area (Å²) < 4.78 is 0. The van der Waals surface area contributed by atoms with Gasteiger partial charge in [-0.1, -0.05) is 6.07 Å². The fraction of sp³-hybridized carbons (Fsp3) is 0.273. The van der Waals surface area contributed by atoms with Gasteiger partial charge in [0.25, 0.3) is 0 Å². The van der Waals surface area contributed by atoms with Gasteiger partial charge in [-0.3, -0.25) is 9.59 Å². The summed E-state index contributed by atoms with van der Waals surface area (Å²) >= 11 is 5.33. The van der Waals surface area contributed by atoms with Crippen molar-refractivity contribution in [2.75, 3.05) is 28.4 Å². The Labute approximate surface area is 110 Å². The van der Waals surface area contributed by atoms with Gasteiger partial charge in [0, 0.05) is 11.4 Å². The minimum atomic E-state index is -0.180. The average molecular weight is 270 g/mol. The van der Waals surface area contributed by atoms with Crippen LogP contribution in [-0.4, -0.2) is 29.6 Å². The normalized spacial score (nSPS) is 9.76. The van der Waals surface area contributed by atoms with Crippen LogP contribution in [0, 0.1) is 0 Å². The molecule has 1 aromatic rings. The van der Waals surface area contributed by atoms with Crippen LogP contribution >= 0.6 is 24.4 Å². The second-order valence-electron chi connectivity index (χ2n) is 3.27. The van der Waals surface area contributed by atoms with E-state index in [4.69, 9.17) is 0 Å². The molecule has 0 spiro atoms. The van der Waals surface area contributed by atoms with E-state index >= 15 is 0 Å². The van der Waals surface area contributed by atoms with Crippen molar-refractivity contribution in [3.63, 3.8) is 0 Å². The molecule has 0 aromatic heterocycles. The van der Waals surface area contributed by atoms with Gasteiger partial charge in [-0.15, -0.1) is 0 Å². The first-order chi connectivity index (χ1) is 8.15. The summed E-state index contributed by atoms with van der Waals surface area (Å²) in [7, 11) is 0. The minimum Gasteiger partial charge on any atom is -0.325 e. The monoisotopic (exact) mass is 270 g/mol. The van der Waals surface area contributed by atoms with Crippen molar-refractivity contribution in [1.29, 1.82) is 0 Å². The molecule has 0 aliphatic rings. The van der Waals surface area contributed by atoms with Crippen LogP contribution in [-0.2, 0) is 9.59 Å². The third kappa shape index (κ3) is 5.14. The number of carbonyl (C=O) groups excluding carboxylic acids is 2. The van der Waals surface area contributed by atoms with E-state index in [0.29, 0.717) is 17.1 Å². The Morgan fingerprint density at radius 1 is 1.24 bits per heavy atom. The third-order valence-corrected chi connectivity index (χ3v) is 2.69. The summed E-state index contributed by atoms with van der Waals surface area (Å²) in [6.07, 6.45) is 1.86. The van der Waals surface area contributed by atoms with Gasteiger partial charge in [-0.05, 0) is 24.5 Å². The third-order valence-electron chi connectivity index (χ3n) is 1.85. The van der Waals surface area contributed by atoms with Gasteiger partial charge in [0.05, 0.1) is 11.5 Å². The van der Waals surface area contributed by atoms with Gasteiger partial charge in [0.15, 0.2) is 0 Å². The second-order valence-corrected chi connectivity index (χ2v) is 4.45. The van der Waals surface area contributed by atoms with Crippen LogP contribution in [0.5, 0.6) is 0 Å². The molecule has 0 saturated heterocycles. The molecule has 0 bridgehead atoms. The molecular weight excluding hydrogens is 256 g/mol. The Bertz CT molecular complexity index is 410. The van der Waals surface area contributed by atoms with E-state index in [1.165, 1.54) is 11.8 Å². The SMILES string of the molecule is CSCC(=O)Nc1cccc(NC(=O)CS)c1. The van der Waals surface area contributed by atoms with E-state index < -0.39 is 0 Å². The van der Waals surface area contributed by atoms with Crippen molar-refractivity contribution in [3.8, 4) is 0 Å². The summed E-state index contributed by atoms with van der Waals surface area (Å²) in [4.78, 5) is 22.5. The van der Waals surface area contributed by atoms with E-state index in [1.54, 1.807) is 24.3 Å². The van der Waals surface area contributed by atoms with Gasteiger partial charge in [0.1, 0.15) is 0 Å². The molecule has 0 aliphatic carbocycles. The number of anilines is 2. The van der Waals surface area contributed by atoms with Crippen LogP contribution in [0.1, 0.15) is 0 Å². The molecule has 2 N–H and O–H groups in total. The lowest BCUT2D eigenvalue weighted by Crippen LogP contribution is -2.15. The first-order valence-electron chi connectivity index (χ1n) is 4.95. The lowest BCUT2D eigenvalue weighted by atomic mass is 10.2. The Balaban J connectivity index is 2.65. The summed E-state index contributed by atoms with van der Waals surface area (Å²) in [6, 6.07) is 7.00. The maximum absolute atomic E-state index is 11.4. The number of benzene rings is 1. The van der Waals surface area contributed by atoms with E-state index in [2.05, 4.69) is 23.3 Å². The van der Waals surface area contributed by atoms with Gasteiger partial charge in [-0.2, -0.15) is 24.4 Å². The average Bonchev–Trinajstić information content (AvgIpc) is 2.29. The number of thioether (sulfide) groups is 1. The molecule has 0 radical (unpaired) electrons. The molecule has 0 saturated carbocycles. The predicted octanol–water partition coefficient (Wildman–Crippen LogP) is 1.86. The maximum atomic E-state index is 11.4. The van der Waals surface area contributed by atoms with Gasteiger partial charge < -0.3 is 10.6 Å². The number of nitrogens with one attached hydrogen (secondary N) is 2. The molecule has 0 unspecified atom stereocenters. The molecule has 1 rings (SSSR count). The van der Waals surface area contributed by atoms with Crippen LogP contribution in [0.3, 0.4) is 0 Å². The van der Waals surface area contributed by atoms with E-state index in [1.807, 2.05) is 6.26 Å². The largest absolute Gasteiger partial charge is 0.325 e. The van der Waals surface area contributed by atoms with E-state index in [0.717, 1.165) is 0 Å². The van der Waals surface area contributed by atoms with Crippen molar-refractivity contribution in [1.82, 2.24) is 0 Å². The number of rotatable bonds is 5. The molecule has 92 valence electrons. The summed E-state index contributed by atoms with van der Waals surface area (Å²) in [6.45, 7) is 0. The Kier molecular flexibility index (Phi) is 5.93.